The Balaban J connectivity index is 0.801. The van der Waals surface area contributed by atoms with Crippen LogP contribution in [-0.4, -0.2) is 216 Å². The van der Waals surface area contributed by atoms with E-state index in [0.29, 0.717) is 19.6 Å². The molecule has 55 heteroatoms. The van der Waals surface area contributed by atoms with Crippen molar-refractivity contribution in [2.24, 2.45) is 17.6 Å². The van der Waals surface area contributed by atoms with Crippen molar-refractivity contribution in [1.29, 1.82) is 0 Å². The number of imidazole rings is 1. The van der Waals surface area contributed by atoms with Gasteiger partial charge in [-0.1, -0.05) is 37.5 Å². The number of aromatic amines is 3. The van der Waals surface area contributed by atoms with Crippen molar-refractivity contribution in [1.82, 2.24) is 63.0 Å². The molecule has 0 spiro atoms. The molecule has 0 aromatic carbocycles. The number of ether oxygens (including phenoxy) is 8. The Morgan fingerprint density at radius 2 is 1.15 bits per heavy atom. The molecule has 11 rings (SSSR count). The number of hydrogen-bond donors (Lipinski definition) is 9. The number of H-pyrrole nitrogens is 3. The van der Waals surface area contributed by atoms with E-state index in [9.17, 15) is 52.9 Å². The number of fused-ring (bicyclic) bond motifs is 1. The third-order valence-electron chi connectivity index (χ3n) is 18.6. The minimum atomic E-state index is -4.86. The number of carbonyl (C=O) groups is 1. The molecule has 45 nitrogen and oxygen atoms in total. The van der Waals surface area contributed by atoms with Crippen molar-refractivity contribution in [3.63, 3.8) is 0 Å². The summed E-state index contributed by atoms with van der Waals surface area (Å²) in [4.78, 5) is 141. The summed E-state index contributed by atoms with van der Waals surface area (Å²) < 4.78 is 124. The number of amides is 1. The second-order valence-corrected chi connectivity index (χ2v) is 41.2. The number of nitrogen functional groups attached to an aromatic ring is 3. The van der Waals surface area contributed by atoms with Crippen molar-refractivity contribution in [3.05, 3.63) is 126 Å². The fourth-order valence-corrected chi connectivity index (χ4v) is 20.3. The fourth-order valence-electron chi connectivity index (χ4n) is 13.0. The van der Waals surface area contributed by atoms with Gasteiger partial charge in [0.05, 0.1) is 126 Å². The second-order valence-electron chi connectivity index (χ2n) is 27.0. The summed E-state index contributed by atoms with van der Waals surface area (Å²) in [6.07, 6.45) is -10.7. The second kappa shape index (κ2) is 40.7. The lowest BCUT2D eigenvalue weighted by Gasteiger charge is -2.36. The number of aliphatic hydroxyl groups excluding tert-OH is 1. The molecule has 0 bridgehead atoms. The number of anilines is 3. The maximum Gasteiger partial charge on any atom is 0.351 e. The molecular weight excluding hydrogens is 1780 g/mol. The number of halogens is 1. The zero-order valence-electron chi connectivity index (χ0n) is 61.9. The molecule has 642 valence electrons. The molecule has 13 N–H and O–H groups in total. The third kappa shape index (κ3) is 24.4. The van der Waals surface area contributed by atoms with Gasteiger partial charge in [-0.2, -0.15) is 15.0 Å². The van der Waals surface area contributed by atoms with Gasteiger partial charge < -0.3 is 141 Å². The van der Waals surface area contributed by atoms with Crippen LogP contribution < -0.4 is 72.6 Å². The maximum absolute atomic E-state index is 15.0. The van der Waals surface area contributed by atoms with E-state index in [1.54, 1.807) is 0 Å². The van der Waals surface area contributed by atoms with Crippen molar-refractivity contribution in [2.75, 3.05) is 110 Å². The van der Waals surface area contributed by atoms with Crippen molar-refractivity contribution in [3.8, 4) is 0 Å². The molecule has 0 aliphatic carbocycles. The normalized spacial score (nSPS) is 27.0. The largest absolute Gasteiger partial charge is 0.780 e. The van der Waals surface area contributed by atoms with Crippen molar-refractivity contribution in [2.45, 2.75) is 145 Å². The summed E-state index contributed by atoms with van der Waals surface area (Å²) in [5.74, 6) is -0.876. The number of hydrogen-bond acceptors (Lipinski definition) is 41. The lowest BCUT2D eigenvalue weighted by atomic mass is 9.89. The van der Waals surface area contributed by atoms with Crippen molar-refractivity contribution < 1.29 is 98.0 Å². The molecule has 0 saturated carbocycles. The van der Waals surface area contributed by atoms with Crippen LogP contribution in [0.3, 0.4) is 0 Å². The summed E-state index contributed by atoms with van der Waals surface area (Å²) in [7, 11) is 0. The molecule has 1 amide bonds. The highest BCUT2D eigenvalue weighted by atomic mass is 79.9. The van der Waals surface area contributed by atoms with Gasteiger partial charge in [0.2, 0.25) is 11.9 Å². The molecule has 4 unspecified atom stereocenters. The van der Waals surface area contributed by atoms with Gasteiger partial charge in [0.15, 0.2) is 18.0 Å². The number of carbonyl (C=O) groups excluding carboxylic acids is 1. The van der Waals surface area contributed by atoms with Gasteiger partial charge >= 0.3 is 29.5 Å². The third-order valence-corrected chi connectivity index (χ3v) is 26.8. The quantitative estimate of drug-likeness (QED) is 0.0134. The summed E-state index contributed by atoms with van der Waals surface area (Å²) in [5, 5.41) is 13.0. The fraction of sp³-hybridized carbons (Fsp3) is 0.639. The summed E-state index contributed by atoms with van der Waals surface area (Å²) >= 11 is 31.9. The topological polar surface area (TPSA) is 594 Å². The van der Waals surface area contributed by atoms with Crippen molar-refractivity contribution >= 4 is 136 Å². The summed E-state index contributed by atoms with van der Waals surface area (Å²) in [6, 6.07) is 2.79. The number of aromatic nitrogens is 12. The predicted octanol–water partition coefficient (Wildman–Crippen LogP) is -0.372. The number of rotatable bonds is 42. The number of nitrogens with one attached hydrogen (secondary N) is 4. The molecule has 11 heterocycles. The van der Waals surface area contributed by atoms with Crippen LogP contribution >= 0.6 is 41.9 Å². The molecular formula is C61H85BrN17O28P4S5-3. The van der Waals surface area contributed by atoms with E-state index in [4.69, 9.17) is 161 Å². The number of aliphatic hydroxyl groups is 1. The molecule has 6 aromatic rings. The maximum atomic E-state index is 15.0. The number of nitrogens with two attached hydrogens (primary N) is 4. The molecule has 5 aliphatic rings. The lowest BCUT2D eigenvalue weighted by molar-refractivity contribution is -0.215. The summed E-state index contributed by atoms with van der Waals surface area (Å²) in [5.41, 5.74) is 13.6. The van der Waals surface area contributed by atoms with Gasteiger partial charge in [-0.05, 0) is 65.0 Å². The predicted molar refractivity (Wildman–Crippen MR) is 425 cm³/mol. The SMILES string of the molecule is Cc1cn([C@H]2C[C@@H](OP(=S)(OCCOCCOCCNC(=O)CCOCCN)OC[C@H]3O[C@@H](n4ccc(N)nc4=O)C[C@H]3C(C)C)[C@@H](COP([O-])(=S)O[C@@H]3C[C@H](n4cnc5c(=O)[nH]c(N)nc54)O[C@@H]3COP(=S)([S-])O[C@@H]3C[C@H](n4ccc(N)nc4=O)O[C@@H]3COP(=O)([S-])O[C@@H]3C[C@H](n4cc(Br)c(=O)[nH]c4=O)O[C@@H]3CO)O2)c(=O)[nH]c1=O. The first-order valence-corrected chi connectivity index (χ1v) is 48.0. The first-order chi connectivity index (χ1) is 55.1. The minimum Gasteiger partial charge on any atom is -0.780 e. The van der Waals surface area contributed by atoms with Crippen LogP contribution in [-0.2, 0) is 148 Å². The monoisotopic (exact) mass is 1870 g/mol. The smallest absolute Gasteiger partial charge is 0.351 e. The highest BCUT2D eigenvalue weighted by molar-refractivity contribution is 9.10. The Kier molecular flexibility index (Phi) is 32.2. The van der Waals surface area contributed by atoms with Crippen LogP contribution in [0, 0.1) is 18.8 Å². The van der Waals surface area contributed by atoms with Gasteiger partial charge in [0, 0.05) is 75.5 Å². The van der Waals surface area contributed by atoms with Crippen LogP contribution in [0.25, 0.3) is 11.2 Å². The van der Waals surface area contributed by atoms with Crippen LogP contribution in [0.1, 0.15) is 89.1 Å². The van der Waals surface area contributed by atoms with Crippen LogP contribution in [0.2, 0.25) is 0 Å². The Morgan fingerprint density at radius 1 is 0.629 bits per heavy atom. The molecule has 5 saturated heterocycles. The molecule has 116 heavy (non-hydrogen) atoms. The Hall–Kier alpha value is -5.10. The van der Waals surface area contributed by atoms with Crippen LogP contribution in [0.15, 0.2) is 81.3 Å². The van der Waals surface area contributed by atoms with E-state index < -0.39 is 178 Å². The van der Waals surface area contributed by atoms with Gasteiger partial charge in [-0.3, -0.25) is 61.5 Å². The average molecular weight is 1870 g/mol. The lowest BCUT2D eigenvalue weighted by Crippen LogP contribution is -2.34. The first kappa shape index (κ1) is 91.6. The van der Waals surface area contributed by atoms with Gasteiger partial charge in [-0.25, -0.2) is 24.2 Å². The Bertz CT molecular complexity index is 5090. The highest BCUT2D eigenvalue weighted by Crippen LogP contribution is 2.57. The van der Waals surface area contributed by atoms with Gasteiger partial charge in [0.25, 0.3) is 16.7 Å². The zero-order valence-corrected chi connectivity index (χ0v) is 71.2. The zero-order chi connectivity index (χ0) is 83.6. The Morgan fingerprint density at radius 3 is 1.77 bits per heavy atom. The van der Waals surface area contributed by atoms with Gasteiger partial charge in [-0.15, -0.1) is 0 Å². The number of nitrogens with zero attached hydrogens (tertiary/aromatic N) is 9. The van der Waals surface area contributed by atoms with Crippen LogP contribution in [0.5, 0.6) is 0 Å². The molecule has 19 atom stereocenters. The van der Waals surface area contributed by atoms with E-state index in [-0.39, 0.29) is 141 Å². The molecule has 0 radical (unpaired) electrons. The standard InChI is InChI=1S/C61H88BrN17O28P4S5/c1-31(2)33-18-47(75-9-4-44(64)69-58(75)85)100-40(33)26-97-110(114,94-17-16-93-15-14-92-13-8-67-46(81)6-11-91-12-7-63)106-37-21-49(77-23-32(3)54(82)73-60(77)87)102-41(37)27-95-109(90,113)105-36-20-51(79-30-68-52-53(79)71-57(66)72-56(52)84)103-43(36)29-98-111(115,116)107-38-22-48(76-10-5-45(65)70-59(76)86)101-42(38)28-96-108(89,112)104-35-19-50(99-39(35)25-80)78-24-34(62)55(83)74-61(78)88/h4-5,9-10,23-24,30-31,33,35-43,47-51,80H,6-8,11-22,25-29,63H2,1-3H3,(H,67,81)(H,89,112)(H,90,113)(H,115,116)(H2,64,69,85)(H2,65,70,86)(H,73,82,87)(H,74,83,88)(H3,66,71,72,84)/p-3/t33-,35+,36+,37+,38+,39+,40+,41+,42+,43+,47+,48+,49+,50+,51+,108?,109?,110?/m0/s1. The first-order valence-electron chi connectivity index (χ1n) is 35.9. The van der Waals surface area contributed by atoms with Crippen LogP contribution in [0.4, 0.5) is 17.6 Å². The van der Waals surface area contributed by atoms with E-state index in [1.807, 2.05) is 13.8 Å². The van der Waals surface area contributed by atoms with Gasteiger partial charge in [0.1, 0.15) is 73.9 Å². The van der Waals surface area contributed by atoms with E-state index in [1.165, 1.54) is 59.3 Å². The molecule has 5 aliphatic heterocycles. The minimum absolute atomic E-state index is 0.0137. The average Bonchev–Trinajstić information content (AvgIpc) is 1.63. The van der Waals surface area contributed by atoms with E-state index >= 15 is 0 Å². The summed E-state index contributed by atoms with van der Waals surface area (Å²) in [6.45, 7) is -9.97. The molecule has 6 aromatic heterocycles. The Labute approximate surface area is 691 Å². The number of aryl methyl sites for hydroxylation is 1. The van der Waals surface area contributed by atoms with E-state index in [0.717, 1.165) is 13.7 Å². The highest BCUT2D eigenvalue weighted by Gasteiger charge is 2.47. The molecule has 5 fully saturated rings. The van der Waals surface area contributed by atoms with E-state index in [2.05, 4.69) is 56.1 Å².